The van der Waals surface area contributed by atoms with Gasteiger partial charge in [-0.1, -0.05) is 0 Å². The molecule has 10 heteroatoms. The zero-order chi connectivity index (χ0) is 15.9. The number of carboxylic acid groups (broad SMARTS) is 1. The van der Waals surface area contributed by atoms with Crippen LogP contribution in [-0.2, 0) is 6.54 Å². The van der Waals surface area contributed by atoms with E-state index in [1.807, 2.05) is 0 Å². The Bertz CT molecular complexity index is 852. The molecule has 3 heterocycles. The minimum absolute atomic E-state index is 0.0703. The van der Waals surface area contributed by atoms with E-state index in [9.17, 15) is 18.0 Å². The number of nitrogens with one attached hydrogen (secondary N) is 1. The van der Waals surface area contributed by atoms with Crippen molar-refractivity contribution in [3.05, 3.63) is 30.5 Å². The Morgan fingerprint density at radius 2 is 2.09 bits per heavy atom. The predicted molar refractivity (Wildman–Crippen MR) is 68.1 cm³/mol. The summed E-state index contributed by atoms with van der Waals surface area (Å²) in [6.45, 7) is -1.17. The lowest BCUT2D eigenvalue weighted by atomic mass is 10.3. The standard InChI is InChI=1S/C12H8F3N5O2/c13-12(14,15)4-20-3-8(18-5-20)7-2-17-10-9(19-7)6(1-16-10)11(21)22/h1-3,5H,4H2,(H,16,17)(H,21,22). The number of imidazole rings is 1. The van der Waals surface area contributed by atoms with Crippen LogP contribution in [0.3, 0.4) is 0 Å². The zero-order valence-electron chi connectivity index (χ0n) is 10.8. The van der Waals surface area contributed by atoms with Crippen molar-refractivity contribution in [2.45, 2.75) is 12.7 Å². The Kier molecular flexibility index (Phi) is 3.08. The third kappa shape index (κ3) is 2.62. The van der Waals surface area contributed by atoms with Gasteiger partial charge in [0.25, 0.3) is 0 Å². The van der Waals surface area contributed by atoms with Gasteiger partial charge < -0.3 is 14.7 Å². The number of carboxylic acids is 1. The number of fused-ring (bicyclic) bond motifs is 1. The number of carbonyl (C=O) groups is 1. The Balaban J connectivity index is 2.00. The van der Waals surface area contributed by atoms with Gasteiger partial charge in [0.05, 0.1) is 12.5 Å². The minimum Gasteiger partial charge on any atom is -0.478 e. The Morgan fingerprint density at radius 3 is 2.77 bits per heavy atom. The van der Waals surface area contributed by atoms with Gasteiger partial charge in [0.2, 0.25) is 0 Å². The van der Waals surface area contributed by atoms with Gasteiger partial charge in [0, 0.05) is 12.4 Å². The molecular formula is C12H8F3N5O2. The molecule has 0 aromatic carbocycles. The van der Waals surface area contributed by atoms with Gasteiger partial charge in [0.1, 0.15) is 29.0 Å². The average molecular weight is 311 g/mol. The molecule has 0 radical (unpaired) electrons. The molecule has 2 N–H and O–H groups in total. The fourth-order valence-corrected chi connectivity index (χ4v) is 1.96. The number of aromatic carboxylic acids is 1. The van der Waals surface area contributed by atoms with E-state index in [-0.39, 0.29) is 28.1 Å². The summed E-state index contributed by atoms with van der Waals surface area (Å²) in [7, 11) is 0. The molecule has 0 spiro atoms. The summed E-state index contributed by atoms with van der Waals surface area (Å²) in [5.74, 6) is -1.18. The maximum Gasteiger partial charge on any atom is 0.406 e. The van der Waals surface area contributed by atoms with Crippen LogP contribution >= 0.6 is 0 Å². The fourth-order valence-electron chi connectivity index (χ4n) is 1.96. The van der Waals surface area contributed by atoms with E-state index in [1.165, 1.54) is 18.6 Å². The van der Waals surface area contributed by atoms with E-state index in [4.69, 9.17) is 5.11 Å². The van der Waals surface area contributed by atoms with Gasteiger partial charge in [-0.2, -0.15) is 13.2 Å². The summed E-state index contributed by atoms with van der Waals surface area (Å²) in [5.41, 5.74) is 0.692. The maximum absolute atomic E-state index is 12.3. The number of alkyl halides is 3. The first-order valence-electron chi connectivity index (χ1n) is 6.00. The molecule has 0 bridgehead atoms. The zero-order valence-corrected chi connectivity index (χ0v) is 10.8. The van der Waals surface area contributed by atoms with Crippen molar-refractivity contribution >= 4 is 17.1 Å². The molecule has 0 unspecified atom stereocenters. The van der Waals surface area contributed by atoms with Crippen LogP contribution in [-0.4, -0.2) is 41.8 Å². The second-order valence-electron chi connectivity index (χ2n) is 4.51. The smallest absolute Gasteiger partial charge is 0.406 e. The molecule has 0 saturated heterocycles. The number of nitrogens with zero attached hydrogens (tertiary/aromatic N) is 4. The lowest BCUT2D eigenvalue weighted by Gasteiger charge is -2.05. The van der Waals surface area contributed by atoms with E-state index >= 15 is 0 Å². The molecule has 3 aromatic rings. The van der Waals surface area contributed by atoms with Gasteiger partial charge in [0.15, 0.2) is 5.65 Å². The summed E-state index contributed by atoms with van der Waals surface area (Å²) in [5, 5.41) is 9.03. The number of hydrogen-bond donors (Lipinski definition) is 2. The summed E-state index contributed by atoms with van der Waals surface area (Å²) < 4.78 is 37.8. The highest BCUT2D eigenvalue weighted by molar-refractivity contribution is 6.00. The third-order valence-corrected chi connectivity index (χ3v) is 2.87. The van der Waals surface area contributed by atoms with Crippen molar-refractivity contribution in [1.29, 1.82) is 0 Å². The van der Waals surface area contributed by atoms with Crippen LogP contribution in [0.15, 0.2) is 24.9 Å². The molecule has 3 rings (SSSR count). The maximum atomic E-state index is 12.3. The van der Waals surface area contributed by atoms with Crippen molar-refractivity contribution in [2.75, 3.05) is 0 Å². The molecule has 0 aliphatic carbocycles. The lowest BCUT2D eigenvalue weighted by Crippen LogP contribution is -2.16. The number of aromatic nitrogens is 5. The van der Waals surface area contributed by atoms with Crippen molar-refractivity contribution in [1.82, 2.24) is 24.5 Å². The minimum atomic E-state index is -4.36. The second-order valence-corrected chi connectivity index (χ2v) is 4.51. The molecule has 0 aliphatic heterocycles. The molecule has 7 nitrogen and oxygen atoms in total. The predicted octanol–water partition coefficient (Wildman–Crippen LogP) is 2.08. The third-order valence-electron chi connectivity index (χ3n) is 2.87. The summed E-state index contributed by atoms with van der Waals surface area (Å²) >= 11 is 0. The van der Waals surface area contributed by atoms with Gasteiger partial charge in [-0.05, 0) is 0 Å². The van der Waals surface area contributed by atoms with E-state index < -0.39 is 18.7 Å². The van der Waals surface area contributed by atoms with Crippen molar-refractivity contribution < 1.29 is 23.1 Å². The molecule has 3 aromatic heterocycles. The number of aromatic amines is 1. The molecular weight excluding hydrogens is 303 g/mol. The number of H-pyrrole nitrogens is 1. The molecule has 0 fully saturated rings. The Morgan fingerprint density at radius 1 is 1.32 bits per heavy atom. The average Bonchev–Trinajstić information content (AvgIpc) is 3.02. The van der Waals surface area contributed by atoms with Crippen molar-refractivity contribution in [2.24, 2.45) is 0 Å². The first-order chi connectivity index (χ1) is 10.3. The van der Waals surface area contributed by atoms with Crippen molar-refractivity contribution in [3.8, 4) is 11.4 Å². The Hall–Kier alpha value is -2.91. The summed E-state index contributed by atoms with van der Waals surface area (Å²) in [6.07, 6.45) is 0.412. The lowest BCUT2D eigenvalue weighted by molar-refractivity contribution is -0.140. The number of hydrogen-bond acceptors (Lipinski definition) is 4. The molecule has 0 aliphatic rings. The van der Waals surface area contributed by atoms with Crippen LogP contribution < -0.4 is 0 Å². The highest BCUT2D eigenvalue weighted by atomic mass is 19.4. The quantitative estimate of drug-likeness (QED) is 0.772. The first-order valence-corrected chi connectivity index (χ1v) is 6.00. The number of rotatable bonds is 3. The summed E-state index contributed by atoms with van der Waals surface area (Å²) in [4.78, 5) is 25.6. The monoisotopic (exact) mass is 311 g/mol. The van der Waals surface area contributed by atoms with E-state index in [2.05, 4.69) is 19.9 Å². The van der Waals surface area contributed by atoms with Crippen LogP contribution in [0.4, 0.5) is 13.2 Å². The molecule has 0 saturated carbocycles. The van der Waals surface area contributed by atoms with Crippen LogP contribution in [0.1, 0.15) is 10.4 Å². The van der Waals surface area contributed by atoms with E-state index in [0.29, 0.717) is 0 Å². The van der Waals surface area contributed by atoms with Crippen LogP contribution in [0.5, 0.6) is 0 Å². The summed E-state index contributed by atoms with van der Waals surface area (Å²) in [6, 6.07) is 0. The Labute approximate surface area is 120 Å². The van der Waals surface area contributed by atoms with Gasteiger partial charge in [-0.15, -0.1) is 0 Å². The second kappa shape index (κ2) is 4.83. The highest BCUT2D eigenvalue weighted by Gasteiger charge is 2.28. The van der Waals surface area contributed by atoms with Crippen LogP contribution in [0.25, 0.3) is 22.6 Å². The number of halogens is 3. The SMILES string of the molecule is O=C(O)c1c[nH]c2ncc(-c3cn(CC(F)(F)F)cn3)nc12. The molecule has 114 valence electrons. The van der Waals surface area contributed by atoms with Gasteiger partial charge in [-0.25, -0.2) is 19.7 Å². The van der Waals surface area contributed by atoms with Gasteiger partial charge in [-0.3, -0.25) is 0 Å². The van der Waals surface area contributed by atoms with Crippen molar-refractivity contribution in [3.63, 3.8) is 0 Å². The van der Waals surface area contributed by atoms with E-state index in [1.54, 1.807) is 0 Å². The first kappa shape index (κ1) is 14.0. The normalized spacial score (nSPS) is 12.0. The topological polar surface area (TPSA) is 96.7 Å². The fraction of sp³-hybridized carbons (Fsp3) is 0.167. The van der Waals surface area contributed by atoms with Crippen LogP contribution in [0.2, 0.25) is 0 Å². The van der Waals surface area contributed by atoms with E-state index in [0.717, 1.165) is 10.9 Å². The molecule has 0 amide bonds. The van der Waals surface area contributed by atoms with Gasteiger partial charge >= 0.3 is 12.1 Å². The highest BCUT2D eigenvalue weighted by Crippen LogP contribution is 2.22. The van der Waals surface area contributed by atoms with Crippen LogP contribution in [0, 0.1) is 0 Å². The molecule has 0 atom stereocenters. The largest absolute Gasteiger partial charge is 0.478 e. The molecule has 22 heavy (non-hydrogen) atoms.